The van der Waals surface area contributed by atoms with E-state index in [2.05, 4.69) is 10.3 Å². The Morgan fingerprint density at radius 2 is 2.18 bits per heavy atom. The highest BCUT2D eigenvalue weighted by Crippen LogP contribution is 2.31. The lowest BCUT2D eigenvalue weighted by molar-refractivity contribution is 0.104. The van der Waals surface area contributed by atoms with E-state index >= 15 is 0 Å². The molecule has 2 atom stereocenters. The first-order chi connectivity index (χ1) is 8.31. The minimum absolute atomic E-state index is 0.138. The van der Waals surface area contributed by atoms with E-state index in [1.165, 1.54) is 0 Å². The topological polar surface area (TPSA) is 50.9 Å². The van der Waals surface area contributed by atoms with Crippen LogP contribution in [0.15, 0.2) is 6.20 Å². The van der Waals surface area contributed by atoms with Gasteiger partial charge in [0.05, 0.1) is 18.5 Å². The summed E-state index contributed by atoms with van der Waals surface area (Å²) >= 11 is 0. The van der Waals surface area contributed by atoms with E-state index in [0.717, 1.165) is 37.8 Å². The van der Waals surface area contributed by atoms with Crippen LogP contribution in [-0.2, 0) is 6.54 Å². The number of aromatic nitrogens is 3. The summed E-state index contributed by atoms with van der Waals surface area (Å²) in [5.41, 5.74) is 0.887. The predicted molar refractivity (Wildman–Crippen MR) is 62.4 cm³/mol. The van der Waals surface area contributed by atoms with Gasteiger partial charge in [0.1, 0.15) is 0 Å². The Labute approximate surface area is 101 Å². The Bertz CT molecular complexity index is 342. The van der Waals surface area contributed by atoms with Crippen molar-refractivity contribution in [1.29, 1.82) is 0 Å². The molecule has 5 heteroatoms. The molecule has 2 unspecified atom stereocenters. The highest BCUT2D eigenvalue weighted by atomic mass is 19.1. The minimum atomic E-state index is -0.278. The van der Waals surface area contributed by atoms with Crippen LogP contribution in [0.2, 0.25) is 0 Å². The van der Waals surface area contributed by atoms with Crippen LogP contribution in [0.3, 0.4) is 0 Å². The Hall–Kier alpha value is -0.970. The van der Waals surface area contributed by atoms with Gasteiger partial charge in [0.2, 0.25) is 0 Å². The van der Waals surface area contributed by atoms with Crippen molar-refractivity contribution in [3.63, 3.8) is 0 Å². The molecule has 1 fully saturated rings. The van der Waals surface area contributed by atoms with E-state index in [1.54, 1.807) is 4.68 Å². The lowest BCUT2D eigenvalue weighted by atomic mass is 9.85. The van der Waals surface area contributed by atoms with E-state index in [-0.39, 0.29) is 18.7 Å². The molecule has 1 aliphatic rings. The van der Waals surface area contributed by atoms with Crippen molar-refractivity contribution in [3.05, 3.63) is 11.9 Å². The molecule has 0 bridgehead atoms. The number of rotatable bonds is 5. The quantitative estimate of drug-likeness (QED) is 0.803. The number of aliphatic hydroxyl groups is 1. The summed E-state index contributed by atoms with van der Waals surface area (Å²) < 4.78 is 13.7. The van der Waals surface area contributed by atoms with E-state index in [9.17, 15) is 9.50 Å². The van der Waals surface area contributed by atoms with Crippen molar-refractivity contribution in [2.45, 2.75) is 57.1 Å². The van der Waals surface area contributed by atoms with Gasteiger partial charge in [0.25, 0.3) is 0 Å². The predicted octanol–water partition coefficient (Wildman–Crippen LogP) is 2.05. The minimum Gasteiger partial charge on any atom is -0.392 e. The van der Waals surface area contributed by atoms with Gasteiger partial charge in [0.15, 0.2) is 0 Å². The standard InChI is InChI=1S/C12H20FN3O/c13-7-3-4-8-16-9-11(14-15-16)10-5-1-2-6-12(10)17/h9-10,12,17H,1-8H2. The van der Waals surface area contributed by atoms with E-state index < -0.39 is 0 Å². The fourth-order valence-electron chi connectivity index (χ4n) is 2.42. The molecule has 2 rings (SSSR count). The van der Waals surface area contributed by atoms with Crippen LogP contribution in [0.1, 0.15) is 50.1 Å². The zero-order valence-electron chi connectivity index (χ0n) is 10.1. The van der Waals surface area contributed by atoms with Crippen molar-refractivity contribution >= 4 is 0 Å². The summed E-state index contributed by atoms with van der Waals surface area (Å²) in [5, 5.41) is 18.1. The SMILES string of the molecule is OC1CCCCC1c1cn(CCCCF)nn1. The first-order valence-corrected chi connectivity index (χ1v) is 6.45. The normalized spacial score (nSPS) is 25.1. The fourth-order valence-corrected chi connectivity index (χ4v) is 2.42. The molecule has 1 aromatic rings. The van der Waals surface area contributed by atoms with E-state index in [0.29, 0.717) is 13.0 Å². The molecule has 17 heavy (non-hydrogen) atoms. The Balaban J connectivity index is 1.92. The van der Waals surface area contributed by atoms with E-state index in [4.69, 9.17) is 0 Å². The molecular formula is C12H20FN3O. The van der Waals surface area contributed by atoms with Gasteiger partial charge in [-0.1, -0.05) is 18.1 Å². The van der Waals surface area contributed by atoms with Crippen LogP contribution >= 0.6 is 0 Å². The van der Waals surface area contributed by atoms with Gasteiger partial charge in [-0.2, -0.15) is 0 Å². The van der Waals surface area contributed by atoms with Crippen molar-refractivity contribution in [2.75, 3.05) is 6.67 Å². The lowest BCUT2D eigenvalue weighted by Crippen LogP contribution is -2.22. The molecule has 0 aliphatic heterocycles. The molecule has 4 nitrogen and oxygen atoms in total. The van der Waals surface area contributed by atoms with Gasteiger partial charge in [0, 0.05) is 18.7 Å². The van der Waals surface area contributed by atoms with Crippen LogP contribution in [0.4, 0.5) is 4.39 Å². The summed E-state index contributed by atoms with van der Waals surface area (Å²) in [4.78, 5) is 0. The molecule has 1 saturated carbocycles. The summed E-state index contributed by atoms with van der Waals surface area (Å²) in [7, 11) is 0. The van der Waals surface area contributed by atoms with Gasteiger partial charge in [-0.25, -0.2) is 0 Å². The van der Waals surface area contributed by atoms with Crippen molar-refractivity contribution in [2.24, 2.45) is 0 Å². The maximum absolute atomic E-state index is 12.0. The molecule has 96 valence electrons. The average Bonchev–Trinajstić information content (AvgIpc) is 2.79. The van der Waals surface area contributed by atoms with Crippen LogP contribution < -0.4 is 0 Å². The average molecular weight is 241 g/mol. The highest BCUT2D eigenvalue weighted by Gasteiger charge is 2.26. The molecule has 0 aromatic carbocycles. The maximum atomic E-state index is 12.0. The second-order valence-electron chi connectivity index (χ2n) is 4.76. The third kappa shape index (κ3) is 3.25. The summed E-state index contributed by atoms with van der Waals surface area (Å²) in [6.45, 7) is 0.433. The van der Waals surface area contributed by atoms with Gasteiger partial charge in [-0.05, 0) is 25.7 Å². The number of hydrogen-bond donors (Lipinski definition) is 1. The number of hydrogen-bond acceptors (Lipinski definition) is 3. The molecule has 0 saturated heterocycles. The maximum Gasteiger partial charge on any atom is 0.0895 e. The second kappa shape index (κ2) is 6.10. The smallest absolute Gasteiger partial charge is 0.0895 e. The van der Waals surface area contributed by atoms with Gasteiger partial charge >= 0.3 is 0 Å². The molecule has 1 aromatic heterocycles. The molecule has 0 radical (unpaired) electrons. The molecule has 0 spiro atoms. The van der Waals surface area contributed by atoms with Crippen molar-refractivity contribution in [3.8, 4) is 0 Å². The summed E-state index contributed by atoms with van der Waals surface area (Å²) in [5.74, 6) is 0.138. The molecule has 1 heterocycles. The first-order valence-electron chi connectivity index (χ1n) is 6.45. The molecule has 0 amide bonds. The molecule has 1 aliphatic carbocycles. The van der Waals surface area contributed by atoms with Gasteiger partial charge in [-0.3, -0.25) is 9.07 Å². The number of nitrogens with zero attached hydrogens (tertiary/aromatic N) is 3. The number of aryl methyl sites for hydroxylation is 1. The zero-order chi connectivity index (χ0) is 12.1. The van der Waals surface area contributed by atoms with Crippen LogP contribution in [0.25, 0.3) is 0 Å². The van der Waals surface area contributed by atoms with Crippen LogP contribution in [0, 0.1) is 0 Å². The first kappa shape index (κ1) is 12.5. The molecule has 1 N–H and O–H groups in total. The summed E-state index contributed by atoms with van der Waals surface area (Å²) in [6.07, 6.45) is 7.08. The number of halogens is 1. The van der Waals surface area contributed by atoms with Crippen LogP contribution in [0.5, 0.6) is 0 Å². The zero-order valence-corrected chi connectivity index (χ0v) is 10.1. The fraction of sp³-hybridized carbons (Fsp3) is 0.833. The highest BCUT2D eigenvalue weighted by molar-refractivity contribution is 5.06. The lowest BCUT2D eigenvalue weighted by Gasteiger charge is -2.25. The van der Waals surface area contributed by atoms with Gasteiger partial charge in [-0.15, -0.1) is 5.10 Å². The Morgan fingerprint density at radius 3 is 2.94 bits per heavy atom. The number of alkyl halides is 1. The number of aliphatic hydroxyl groups excluding tert-OH is 1. The van der Waals surface area contributed by atoms with Crippen molar-refractivity contribution < 1.29 is 9.50 Å². The van der Waals surface area contributed by atoms with Crippen molar-refractivity contribution in [1.82, 2.24) is 15.0 Å². The summed E-state index contributed by atoms with van der Waals surface area (Å²) in [6, 6.07) is 0. The Kier molecular flexibility index (Phi) is 4.48. The van der Waals surface area contributed by atoms with E-state index in [1.807, 2.05) is 6.20 Å². The number of unbranched alkanes of at least 4 members (excludes halogenated alkanes) is 1. The largest absolute Gasteiger partial charge is 0.392 e. The monoisotopic (exact) mass is 241 g/mol. The third-order valence-corrected chi connectivity index (χ3v) is 3.44. The molecular weight excluding hydrogens is 221 g/mol. The Morgan fingerprint density at radius 1 is 1.35 bits per heavy atom. The van der Waals surface area contributed by atoms with Crippen LogP contribution in [-0.4, -0.2) is 32.9 Å². The second-order valence-corrected chi connectivity index (χ2v) is 4.76. The van der Waals surface area contributed by atoms with Gasteiger partial charge < -0.3 is 5.11 Å². The third-order valence-electron chi connectivity index (χ3n) is 3.44.